The number of hydrogen-bond acceptors (Lipinski definition) is 5. The van der Waals surface area contributed by atoms with Crippen LogP contribution in [0, 0.1) is 10.1 Å². The number of ether oxygens (including phenoxy) is 2. The number of unbranched alkanes of at least 4 members (excludes halogenated alkanes) is 1. The van der Waals surface area contributed by atoms with Gasteiger partial charge < -0.3 is 14.0 Å². The van der Waals surface area contributed by atoms with Gasteiger partial charge in [-0.2, -0.15) is 0 Å². The molecule has 7 nitrogen and oxygen atoms in total. The number of nitrogens with zero attached hydrogens (tertiary/aromatic N) is 2. The lowest BCUT2D eigenvalue weighted by atomic mass is 10.1. The van der Waals surface area contributed by atoms with E-state index in [4.69, 9.17) is 9.47 Å². The maximum absolute atomic E-state index is 13.6. The highest BCUT2D eigenvalue weighted by Gasteiger charge is 2.21. The molecule has 0 spiro atoms. The van der Waals surface area contributed by atoms with Crippen LogP contribution in [-0.2, 0) is 6.54 Å². The normalized spacial score (nSPS) is 11.3. The summed E-state index contributed by atoms with van der Waals surface area (Å²) in [5.74, 6) is 0.457. The van der Waals surface area contributed by atoms with E-state index in [0.717, 1.165) is 31.3 Å². The first-order valence-corrected chi connectivity index (χ1v) is 12.2. The summed E-state index contributed by atoms with van der Waals surface area (Å²) in [4.78, 5) is 24.5. The minimum absolute atomic E-state index is 0.0685. The smallest absolute Gasteiger partial charge is 0.297 e. The third kappa shape index (κ3) is 8.12. The van der Waals surface area contributed by atoms with Gasteiger partial charge in [0.15, 0.2) is 5.75 Å². The molecule has 2 aromatic rings. The van der Waals surface area contributed by atoms with Gasteiger partial charge >= 0.3 is 0 Å². The van der Waals surface area contributed by atoms with Crippen molar-refractivity contribution in [3.8, 4) is 11.5 Å². The number of pyridine rings is 1. The zero-order valence-electron chi connectivity index (χ0n) is 21.8. The van der Waals surface area contributed by atoms with Crippen LogP contribution in [0.25, 0.3) is 10.9 Å². The summed E-state index contributed by atoms with van der Waals surface area (Å²) in [5, 5.41) is 12.0. The third-order valence-corrected chi connectivity index (χ3v) is 5.58. The van der Waals surface area contributed by atoms with E-state index >= 15 is 0 Å². The Kier molecular flexibility index (Phi) is 10.8. The highest BCUT2D eigenvalue weighted by Crippen LogP contribution is 2.35. The van der Waals surface area contributed by atoms with Crippen molar-refractivity contribution in [2.45, 2.75) is 73.8 Å². The van der Waals surface area contributed by atoms with Crippen molar-refractivity contribution in [1.82, 2.24) is 4.57 Å². The second kappa shape index (κ2) is 13.5. The number of allylic oxidation sites excluding steroid dienone is 4. The fraction of sp³-hybridized carbons (Fsp3) is 0.464. The molecule has 7 heteroatoms. The SMILES string of the molecule is CCCCn1c(=O)c(OC/C=C(\C)CCC=C(C)C)c(OCC=C(C)C)c2ccc([N+](=O)[O-])cc21. The minimum atomic E-state index is -0.453. The number of non-ortho nitro benzene ring substituents is 1. The van der Waals surface area contributed by atoms with Crippen molar-refractivity contribution in [3.05, 3.63) is 73.6 Å². The van der Waals surface area contributed by atoms with Gasteiger partial charge in [0.25, 0.3) is 11.2 Å². The molecule has 0 aliphatic heterocycles. The van der Waals surface area contributed by atoms with Crippen LogP contribution in [0.4, 0.5) is 5.69 Å². The molecule has 0 saturated heterocycles. The first kappa shape index (κ1) is 27.9. The summed E-state index contributed by atoms with van der Waals surface area (Å²) in [6, 6.07) is 4.51. The van der Waals surface area contributed by atoms with Gasteiger partial charge in [0.05, 0.1) is 10.4 Å². The molecule has 0 fully saturated rings. The Balaban J connectivity index is 2.55. The lowest BCUT2D eigenvalue weighted by Crippen LogP contribution is -2.24. The monoisotopic (exact) mass is 482 g/mol. The molecule has 2 rings (SSSR count). The van der Waals surface area contributed by atoms with E-state index in [1.807, 2.05) is 39.8 Å². The second-order valence-corrected chi connectivity index (χ2v) is 9.20. The van der Waals surface area contributed by atoms with Gasteiger partial charge in [0.2, 0.25) is 5.75 Å². The third-order valence-electron chi connectivity index (χ3n) is 5.58. The van der Waals surface area contributed by atoms with Crippen molar-refractivity contribution in [1.29, 1.82) is 0 Å². The molecule has 190 valence electrons. The number of aryl methyl sites for hydroxylation is 1. The van der Waals surface area contributed by atoms with Crippen molar-refractivity contribution >= 4 is 16.6 Å². The Morgan fingerprint density at radius 2 is 1.66 bits per heavy atom. The Hall–Kier alpha value is -3.35. The molecule has 0 aliphatic carbocycles. The topological polar surface area (TPSA) is 83.6 Å². The average molecular weight is 483 g/mol. The summed E-state index contributed by atoms with van der Waals surface area (Å²) >= 11 is 0. The molecule has 1 heterocycles. The molecule has 0 unspecified atom stereocenters. The molecule has 1 aromatic heterocycles. The molecule has 1 aromatic carbocycles. The van der Waals surface area contributed by atoms with Crippen LogP contribution >= 0.6 is 0 Å². The number of hydrogen-bond donors (Lipinski definition) is 0. The zero-order valence-corrected chi connectivity index (χ0v) is 21.8. The Morgan fingerprint density at radius 3 is 2.29 bits per heavy atom. The van der Waals surface area contributed by atoms with Crippen LogP contribution in [0.15, 0.2) is 57.9 Å². The molecule has 35 heavy (non-hydrogen) atoms. The van der Waals surface area contributed by atoms with E-state index in [1.165, 1.54) is 23.3 Å². The number of aromatic nitrogens is 1. The highest BCUT2D eigenvalue weighted by atomic mass is 16.6. The molecular formula is C28H38N2O5. The predicted octanol–water partition coefficient (Wildman–Crippen LogP) is 7.13. The molecule has 0 N–H and O–H groups in total. The van der Waals surface area contributed by atoms with Gasteiger partial charge in [-0.1, -0.05) is 36.1 Å². The maximum atomic E-state index is 13.6. The van der Waals surface area contributed by atoms with Crippen LogP contribution in [0.1, 0.15) is 67.2 Å². The zero-order chi connectivity index (χ0) is 26.0. The number of benzene rings is 1. The van der Waals surface area contributed by atoms with Crippen LogP contribution in [0.2, 0.25) is 0 Å². The van der Waals surface area contributed by atoms with Crippen LogP contribution < -0.4 is 15.0 Å². The fourth-order valence-electron chi connectivity index (χ4n) is 3.56. The highest BCUT2D eigenvalue weighted by molar-refractivity contribution is 5.89. The molecule has 0 bridgehead atoms. The standard InChI is InChI=1S/C28H38N2O5/c1-7-8-16-29-25-19-23(30(32)33)12-13-24(25)26(34-17-14-21(4)5)27(28(29)31)35-18-15-22(6)11-9-10-20(2)3/h10,12-15,19H,7-9,11,16-18H2,1-6H3/b22-15+. The van der Waals surface area contributed by atoms with E-state index in [2.05, 4.69) is 19.9 Å². The van der Waals surface area contributed by atoms with Gasteiger partial charge in [-0.25, -0.2) is 0 Å². The van der Waals surface area contributed by atoms with Gasteiger partial charge in [0, 0.05) is 24.1 Å². The first-order chi connectivity index (χ1) is 16.6. The Labute approximate surface area is 207 Å². The average Bonchev–Trinajstić information content (AvgIpc) is 2.79. The summed E-state index contributed by atoms with van der Waals surface area (Å²) in [6.45, 7) is 13.1. The number of nitro groups is 1. The van der Waals surface area contributed by atoms with E-state index in [-0.39, 0.29) is 30.2 Å². The van der Waals surface area contributed by atoms with Gasteiger partial charge in [-0.3, -0.25) is 14.9 Å². The van der Waals surface area contributed by atoms with Gasteiger partial charge in [-0.05, 0) is 72.1 Å². The molecular weight excluding hydrogens is 444 g/mol. The van der Waals surface area contributed by atoms with Crippen molar-refractivity contribution < 1.29 is 14.4 Å². The Bertz CT molecular complexity index is 1180. The number of fused-ring (bicyclic) bond motifs is 1. The van der Waals surface area contributed by atoms with Crippen molar-refractivity contribution in [3.63, 3.8) is 0 Å². The molecule has 0 radical (unpaired) electrons. The van der Waals surface area contributed by atoms with Crippen LogP contribution in [0.3, 0.4) is 0 Å². The summed E-state index contributed by atoms with van der Waals surface area (Å²) in [6.07, 6.45) is 9.61. The van der Waals surface area contributed by atoms with Gasteiger partial charge in [-0.15, -0.1) is 0 Å². The van der Waals surface area contributed by atoms with E-state index in [9.17, 15) is 14.9 Å². The number of nitro benzene ring substituents is 1. The second-order valence-electron chi connectivity index (χ2n) is 9.20. The van der Waals surface area contributed by atoms with Gasteiger partial charge in [0.1, 0.15) is 13.2 Å². The largest absolute Gasteiger partial charge is 0.485 e. The maximum Gasteiger partial charge on any atom is 0.297 e. The predicted molar refractivity (Wildman–Crippen MR) is 143 cm³/mol. The molecule has 0 amide bonds. The lowest BCUT2D eigenvalue weighted by Gasteiger charge is -2.18. The quantitative estimate of drug-likeness (QED) is 0.172. The minimum Gasteiger partial charge on any atom is -0.485 e. The van der Waals surface area contributed by atoms with Crippen LogP contribution in [-0.4, -0.2) is 22.7 Å². The lowest BCUT2D eigenvalue weighted by molar-refractivity contribution is -0.384. The summed E-state index contributed by atoms with van der Waals surface area (Å²) in [7, 11) is 0. The summed E-state index contributed by atoms with van der Waals surface area (Å²) < 4.78 is 13.6. The van der Waals surface area contributed by atoms with E-state index < -0.39 is 4.92 Å². The fourth-order valence-corrected chi connectivity index (χ4v) is 3.56. The molecule has 0 atom stereocenters. The van der Waals surface area contributed by atoms with E-state index in [0.29, 0.717) is 23.2 Å². The van der Waals surface area contributed by atoms with E-state index in [1.54, 1.807) is 10.6 Å². The number of rotatable bonds is 13. The van der Waals surface area contributed by atoms with Crippen molar-refractivity contribution in [2.75, 3.05) is 13.2 Å². The Morgan fingerprint density at radius 1 is 1.00 bits per heavy atom. The first-order valence-electron chi connectivity index (χ1n) is 12.2. The molecule has 0 saturated carbocycles. The van der Waals surface area contributed by atoms with Crippen LogP contribution in [0.5, 0.6) is 11.5 Å². The summed E-state index contributed by atoms with van der Waals surface area (Å²) in [5.41, 5.74) is 3.62. The van der Waals surface area contributed by atoms with Crippen molar-refractivity contribution in [2.24, 2.45) is 0 Å². The molecule has 0 aliphatic rings.